The third kappa shape index (κ3) is 4.87. The largest absolute Gasteiger partial charge is 0.497 e. The lowest BCUT2D eigenvalue weighted by Crippen LogP contribution is -2.11. The minimum absolute atomic E-state index is 0.146. The van der Waals surface area contributed by atoms with Gasteiger partial charge in [0.1, 0.15) is 5.75 Å². The van der Waals surface area contributed by atoms with E-state index in [2.05, 4.69) is 15.5 Å². The first kappa shape index (κ1) is 19.7. The zero-order chi connectivity index (χ0) is 20.8. The van der Waals surface area contributed by atoms with Crippen LogP contribution in [-0.2, 0) is 5.75 Å². The number of aromatic nitrogens is 2. The first-order valence-electron chi connectivity index (χ1n) is 9.27. The fraction of sp³-hybridized carbons (Fsp3) is 0.0870. The Kier molecular flexibility index (Phi) is 6.10. The molecule has 0 aliphatic rings. The summed E-state index contributed by atoms with van der Waals surface area (Å²) >= 11 is 1.42. The molecular formula is C23H19N3O3S. The molecule has 0 saturated carbocycles. The number of para-hydroxylation sites is 1. The normalized spacial score (nSPS) is 10.6. The minimum Gasteiger partial charge on any atom is -0.497 e. The van der Waals surface area contributed by atoms with Crippen LogP contribution in [0.1, 0.15) is 15.9 Å². The lowest BCUT2D eigenvalue weighted by atomic mass is 10.1. The number of nitrogens with one attached hydrogen (secondary N) is 1. The van der Waals surface area contributed by atoms with E-state index < -0.39 is 0 Å². The molecule has 150 valence electrons. The van der Waals surface area contributed by atoms with Gasteiger partial charge in [0.05, 0.1) is 7.11 Å². The zero-order valence-corrected chi connectivity index (χ0v) is 17.1. The van der Waals surface area contributed by atoms with Gasteiger partial charge in [0.25, 0.3) is 11.1 Å². The Balaban J connectivity index is 1.39. The molecule has 6 nitrogen and oxygen atoms in total. The minimum atomic E-state index is -0.146. The Bertz CT molecular complexity index is 1130. The fourth-order valence-corrected chi connectivity index (χ4v) is 3.50. The van der Waals surface area contributed by atoms with Gasteiger partial charge in [-0.05, 0) is 54.1 Å². The van der Waals surface area contributed by atoms with E-state index in [1.165, 1.54) is 11.8 Å². The van der Waals surface area contributed by atoms with Crippen molar-refractivity contribution in [2.45, 2.75) is 11.0 Å². The molecule has 0 spiro atoms. The Morgan fingerprint density at radius 3 is 2.57 bits per heavy atom. The highest BCUT2D eigenvalue weighted by atomic mass is 32.2. The number of anilines is 1. The molecule has 0 aliphatic heterocycles. The van der Waals surface area contributed by atoms with E-state index in [-0.39, 0.29) is 5.91 Å². The van der Waals surface area contributed by atoms with Gasteiger partial charge in [0.15, 0.2) is 0 Å². The lowest BCUT2D eigenvalue weighted by molar-refractivity contribution is 0.102. The topological polar surface area (TPSA) is 77.2 Å². The molecule has 0 fully saturated rings. The van der Waals surface area contributed by atoms with Crippen LogP contribution >= 0.6 is 11.8 Å². The van der Waals surface area contributed by atoms with Crippen LogP contribution < -0.4 is 10.1 Å². The van der Waals surface area contributed by atoms with Gasteiger partial charge >= 0.3 is 0 Å². The second-order valence-electron chi connectivity index (χ2n) is 6.41. The number of methoxy groups -OCH3 is 1. The van der Waals surface area contributed by atoms with Gasteiger partial charge in [0, 0.05) is 22.6 Å². The number of benzene rings is 3. The molecule has 0 saturated heterocycles. The fourth-order valence-electron chi connectivity index (χ4n) is 2.79. The average Bonchev–Trinajstić information content (AvgIpc) is 3.28. The Morgan fingerprint density at radius 1 is 1.00 bits per heavy atom. The van der Waals surface area contributed by atoms with E-state index in [9.17, 15) is 4.79 Å². The van der Waals surface area contributed by atoms with E-state index in [1.807, 2.05) is 72.8 Å². The van der Waals surface area contributed by atoms with Crippen LogP contribution in [0.2, 0.25) is 0 Å². The summed E-state index contributed by atoms with van der Waals surface area (Å²) < 4.78 is 10.9. The van der Waals surface area contributed by atoms with Crippen molar-refractivity contribution in [3.8, 4) is 17.2 Å². The van der Waals surface area contributed by atoms with Crippen LogP contribution in [0.4, 0.5) is 5.69 Å². The summed E-state index contributed by atoms with van der Waals surface area (Å²) in [5.41, 5.74) is 3.18. The quantitative estimate of drug-likeness (QED) is 0.412. The highest BCUT2D eigenvalue weighted by molar-refractivity contribution is 7.98. The number of carbonyl (C=O) groups excluding carboxylic acids is 1. The van der Waals surface area contributed by atoms with Gasteiger partial charge in [0.2, 0.25) is 5.89 Å². The Morgan fingerprint density at radius 2 is 1.80 bits per heavy atom. The molecule has 4 rings (SSSR count). The van der Waals surface area contributed by atoms with Crippen LogP contribution in [0.5, 0.6) is 5.75 Å². The van der Waals surface area contributed by atoms with Crippen molar-refractivity contribution in [3.05, 3.63) is 90.0 Å². The number of hydrogen-bond donors (Lipinski definition) is 1. The Labute approximate surface area is 178 Å². The van der Waals surface area contributed by atoms with Gasteiger partial charge in [-0.3, -0.25) is 4.79 Å². The molecule has 1 amide bonds. The number of rotatable bonds is 7. The van der Waals surface area contributed by atoms with Crippen molar-refractivity contribution in [1.82, 2.24) is 10.2 Å². The number of carbonyl (C=O) groups is 1. The standard InChI is InChI=1S/C23H19N3O3S/c1-28-20-12-10-17(11-13-20)22-25-26-23(29-22)30-15-16-6-5-7-18(14-16)21(27)24-19-8-3-2-4-9-19/h2-14H,15H2,1H3,(H,24,27). The molecule has 4 aromatic rings. The summed E-state index contributed by atoms with van der Waals surface area (Å²) in [5.74, 6) is 1.68. The number of nitrogens with zero attached hydrogens (tertiary/aromatic N) is 2. The van der Waals surface area contributed by atoms with Crippen molar-refractivity contribution in [2.75, 3.05) is 12.4 Å². The van der Waals surface area contributed by atoms with E-state index >= 15 is 0 Å². The van der Waals surface area contributed by atoms with Gasteiger partial charge in [-0.1, -0.05) is 42.1 Å². The van der Waals surface area contributed by atoms with Crippen molar-refractivity contribution in [1.29, 1.82) is 0 Å². The molecule has 7 heteroatoms. The molecule has 0 radical (unpaired) electrons. The maximum Gasteiger partial charge on any atom is 0.277 e. The van der Waals surface area contributed by atoms with Crippen LogP contribution in [0.15, 0.2) is 88.5 Å². The SMILES string of the molecule is COc1ccc(-c2nnc(SCc3cccc(C(=O)Nc4ccccc4)c3)o2)cc1. The van der Waals surface area contributed by atoms with E-state index in [0.29, 0.717) is 22.4 Å². The predicted octanol–water partition coefficient (Wildman–Crippen LogP) is 5.29. The Hall–Kier alpha value is -3.58. The number of amides is 1. The molecule has 3 aromatic carbocycles. The molecule has 0 bridgehead atoms. The van der Waals surface area contributed by atoms with Gasteiger partial charge in [-0.15, -0.1) is 10.2 Å². The summed E-state index contributed by atoms with van der Waals surface area (Å²) in [6.45, 7) is 0. The second-order valence-corrected chi connectivity index (χ2v) is 7.34. The second kappa shape index (κ2) is 9.28. The summed E-state index contributed by atoms with van der Waals surface area (Å²) in [7, 11) is 1.62. The molecule has 1 N–H and O–H groups in total. The van der Waals surface area contributed by atoms with Gasteiger partial charge < -0.3 is 14.5 Å². The average molecular weight is 417 g/mol. The smallest absolute Gasteiger partial charge is 0.277 e. The maximum atomic E-state index is 12.5. The predicted molar refractivity (Wildman–Crippen MR) is 117 cm³/mol. The molecule has 0 aliphatic carbocycles. The lowest BCUT2D eigenvalue weighted by Gasteiger charge is -2.06. The van der Waals surface area contributed by atoms with Crippen molar-refractivity contribution >= 4 is 23.4 Å². The van der Waals surface area contributed by atoms with Crippen molar-refractivity contribution < 1.29 is 13.9 Å². The van der Waals surface area contributed by atoms with E-state index in [1.54, 1.807) is 13.2 Å². The summed E-state index contributed by atoms with van der Waals surface area (Å²) in [4.78, 5) is 12.5. The summed E-state index contributed by atoms with van der Waals surface area (Å²) in [6.07, 6.45) is 0. The molecule has 1 aromatic heterocycles. The maximum absolute atomic E-state index is 12.5. The van der Waals surface area contributed by atoms with Gasteiger partial charge in [-0.25, -0.2) is 0 Å². The first-order chi connectivity index (χ1) is 14.7. The van der Waals surface area contributed by atoms with Crippen molar-refractivity contribution in [3.63, 3.8) is 0 Å². The first-order valence-corrected chi connectivity index (χ1v) is 10.3. The third-order valence-electron chi connectivity index (χ3n) is 4.33. The van der Waals surface area contributed by atoms with E-state index in [4.69, 9.17) is 9.15 Å². The molecule has 0 unspecified atom stereocenters. The molecular weight excluding hydrogens is 398 g/mol. The van der Waals surface area contributed by atoms with Crippen molar-refractivity contribution in [2.24, 2.45) is 0 Å². The number of hydrogen-bond acceptors (Lipinski definition) is 6. The monoisotopic (exact) mass is 417 g/mol. The van der Waals surface area contributed by atoms with Gasteiger partial charge in [-0.2, -0.15) is 0 Å². The zero-order valence-electron chi connectivity index (χ0n) is 16.2. The number of ether oxygens (including phenoxy) is 1. The van der Waals surface area contributed by atoms with Crippen LogP contribution in [0.25, 0.3) is 11.5 Å². The highest BCUT2D eigenvalue weighted by Crippen LogP contribution is 2.27. The highest BCUT2D eigenvalue weighted by Gasteiger charge is 2.11. The van der Waals surface area contributed by atoms with Crippen LogP contribution in [-0.4, -0.2) is 23.2 Å². The number of thioether (sulfide) groups is 1. The summed E-state index contributed by atoms with van der Waals surface area (Å²) in [5, 5.41) is 11.6. The molecule has 30 heavy (non-hydrogen) atoms. The molecule has 0 atom stereocenters. The van der Waals surface area contributed by atoms with E-state index in [0.717, 1.165) is 22.6 Å². The molecule has 1 heterocycles. The summed E-state index contributed by atoms with van der Waals surface area (Å²) in [6, 6.07) is 24.3. The third-order valence-corrected chi connectivity index (χ3v) is 5.22. The van der Waals surface area contributed by atoms with Crippen LogP contribution in [0.3, 0.4) is 0 Å². The van der Waals surface area contributed by atoms with Crippen LogP contribution in [0, 0.1) is 0 Å².